The monoisotopic (exact) mass is 263 g/mol. The van der Waals surface area contributed by atoms with Gasteiger partial charge in [0.25, 0.3) is 5.91 Å². The van der Waals surface area contributed by atoms with Crippen molar-refractivity contribution in [3.8, 4) is 0 Å². The van der Waals surface area contributed by atoms with Gasteiger partial charge in [0, 0.05) is 24.5 Å². The molecule has 1 aromatic rings. The van der Waals surface area contributed by atoms with E-state index in [0.29, 0.717) is 5.92 Å². The summed E-state index contributed by atoms with van der Waals surface area (Å²) in [7, 11) is 0. The third-order valence-corrected chi connectivity index (χ3v) is 4.08. The molecule has 1 aromatic heterocycles. The molecule has 0 aliphatic carbocycles. The molecule has 1 fully saturated rings. The summed E-state index contributed by atoms with van der Waals surface area (Å²) >= 11 is 0. The lowest BCUT2D eigenvalue weighted by Crippen LogP contribution is -2.38. The van der Waals surface area contributed by atoms with Crippen molar-refractivity contribution in [2.24, 2.45) is 5.92 Å². The number of amides is 1. The van der Waals surface area contributed by atoms with Crippen LogP contribution in [0.2, 0.25) is 0 Å². The van der Waals surface area contributed by atoms with Gasteiger partial charge in [0.15, 0.2) is 0 Å². The fourth-order valence-electron chi connectivity index (χ4n) is 2.95. The Balaban J connectivity index is 1.96. The lowest BCUT2D eigenvalue weighted by Gasteiger charge is -2.22. The first kappa shape index (κ1) is 14.1. The van der Waals surface area contributed by atoms with E-state index >= 15 is 0 Å². The molecular formula is C15H25N3O. The zero-order valence-electron chi connectivity index (χ0n) is 12.3. The maximum atomic E-state index is 12.2. The van der Waals surface area contributed by atoms with Crippen LogP contribution in [0.3, 0.4) is 0 Å². The summed E-state index contributed by atoms with van der Waals surface area (Å²) in [6, 6.07) is 1.99. The molecule has 4 nitrogen and oxygen atoms in total. The minimum atomic E-state index is 0.0679. The number of rotatable bonds is 4. The molecule has 0 bridgehead atoms. The van der Waals surface area contributed by atoms with E-state index in [1.165, 1.54) is 12.8 Å². The first-order chi connectivity index (χ1) is 9.13. The van der Waals surface area contributed by atoms with Crippen molar-refractivity contribution < 1.29 is 4.79 Å². The van der Waals surface area contributed by atoms with Crippen molar-refractivity contribution in [1.29, 1.82) is 0 Å². The zero-order valence-corrected chi connectivity index (χ0v) is 12.3. The van der Waals surface area contributed by atoms with Crippen molar-refractivity contribution in [3.63, 3.8) is 0 Å². The van der Waals surface area contributed by atoms with E-state index in [4.69, 9.17) is 0 Å². The molecule has 4 heteroatoms. The maximum Gasteiger partial charge on any atom is 0.253 e. The average Bonchev–Trinajstić information content (AvgIpc) is 2.72. The SMILES string of the molecule is CCn1c(C)cc(C(=O)NCC2CCCNC2)c1C. The molecule has 0 spiro atoms. The Bertz CT molecular complexity index is 444. The highest BCUT2D eigenvalue weighted by molar-refractivity contribution is 5.95. The molecule has 1 aliphatic rings. The van der Waals surface area contributed by atoms with E-state index in [2.05, 4.69) is 29.0 Å². The Morgan fingerprint density at radius 2 is 2.32 bits per heavy atom. The van der Waals surface area contributed by atoms with Crippen molar-refractivity contribution in [2.75, 3.05) is 19.6 Å². The van der Waals surface area contributed by atoms with E-state index < -0.39 is 0 Å². The van der Waals surface area contributed by atoms with Crippen molar-refractivity contribution in [1.82, 2.24) is 15.2 Å². The third-order valence-electron chi connectivity index (χ3n) is 4.08. The van der Waals surface area contributed by atoms with E-state index in [1.807, 2.05) is 13.0 Å². The number of carbonyl (C=O) groups excluding carboxylic acids is 1. The molecule has 0 aromatic carbocycles. The van der Waals surface area contributed by atoms with Crippen LogP contribution in [0.5, 0.6) is 0 Å². The zero-order chi connectivity index (χ0) is 13.8. The van der Waals surface area contributed by atoms with Crippen LogP contribution >= 0.6 is 0 Å². The van der Waals surface area contributed by atoms with Gasteiger partial charge in [-0.05, 0) is 58.7 Å². The van der Waals surface area contributed by atoms with Gasteiger partial charge in [0.1, 0.15) is 0 Å². The van der Waals surface area contributed by atoms with E-state index in [1.54, 1.807) is 0 Å². The van der Waals surface area contributed by atoms with Crippen LogP contribution in [0.1, 0.15) is 41.5 Å². The molecular weight excluding hydrogens is 238 g/mol. The predicted octanol–water partition coefficient (Wildman–Crippen LogP) is 1.85. The van der Waals surface area contributed by atoms with Crippen LogP contribution in [-0.4, -0.2) is 30.1 Å². The first-order valence-electron chi connectivity index (χ1n) is 7.29. The summed E-state index contributed by atoms with van der Waals surface area (Å²) in [6.07, 6.45) is 2.42. The molecule has 2 rings (SSSR count). The van der Waals surface area contributed by atoms with E-state index in [-0.39, 0.29) is 5.91 Å². The van der Waals surface area contributed by atoms with Crippen molar-refractivity contribution in [3.05, 3.63) is 23.0 Å². The van der Waals surface area contributed by atoms with E-state index in [0.717, 1.165) is 43.1 Å². The predicted molar refractivity (Wildman–Crippen MR) is 77.5 cm³/mol. The Morgan fingerprint density at radius 3 is 2.89 bits per heavy atom. The number of nitrogens with zero attached hydrogens (tertiary/aromatic N) is 1. The Kier molecular flexibility index (Phi) is 4.64. The van der Waals surface area contributed by atoms with Crippen molar-refractivity contribution >= 4 is 5.91 Å². The summed E-state index contributed by atoms with van der Waals surface area (Å²) in [4.78, 5) is 12.2. The Hall–Kier alpha value is -1.29. The highest BCUT2D eigenvalue weighted by Crippen LogP contribution is 2.15. The van der Waals surface area contributed by atoms with Crippen LogP contribution in [-0.2, 0) is 6.54 Å². The summed E-state index contributed by atoms with van der Waals surface area (Å²) in [5.74, 6) is 0.644. The van der Waals surface area contributed by atoms with Gasteiger partial charge in [-0.3, -0.25) is 4.79 Å². The van der Waals surface area contributed by atoms with Gasteiger partial charge in [0.2, 0.25) is 0 Å². The lowest BCUT2D eigenvalue weighted by molar-refractivity contribution is 0.0944. The number of aryl methyl sites for hydroxylation is 1. The van der Waals surface area contributed by atoms with Gasteiger partial charge in [-0.15, -0.1) is 0 Å². The quantitative estimate of drug-likeness (QED) is 0.871. The molecule has 1 unspecified atom stereocenters. The summed E-state index contributed by atoms with van der Waals surface area (Å²) in [6.45, 7) is 10.0. The van der Waals surface area contributed by atoms with Gasteiger partial charge >= 0.3 is 0 Å². The van der Waals surface area contributed by atoms with Gasteiger partial charge in [-0.1, -0.05) is 0 Å². The molecule has 106 valence electrons. The molecule has 0 saturated carbocycles. The first-order valence-corrected chi connectivity index (χ1v) is 7.29. The number of aromatic nitrogens is 1. The standard InChI is InChI=1S/C15H25N3O/c1-4-18-11(2)8-14(12(18)3)15(19)17-10-13-6-5-7-16-9-13/h8,13,16H,4-7,9-10H2,1-3H3,(H,17,19). The van der Waals surface area contributed by atoms with Gasteiger partial charge in [-0.25, -0.2) is 0 Å². The molecule has 2 heterocycles. The van der Waals surface area contributed by atoms with E-state index in [9.17, 15) is 4.79 Å². The molecule has 1 amide bonds. The number of piperidine rings is 1. The second kappa shape index (κ2) is 6.24. The molecule has 19 heavy (non-hydrogen) atoms. The topological polar surface area (TPSA) is 46.1 Å². The fourth-order valence-corrected chi connectivity index (χ4v) is 2.95. The molecule has 1 saturated heterocycles. The molecule has 0 radical (unpaired) electrons. The average molecular weight is 263 g/mol. The van der Waals surface area contributed by atoms with Gasteiger partial charge in [-0.2, -0.15) is 0 Å². The minimum absolute atomic E-state index is 0.0679. The second-order valence-electron chi connectivity index (χ2n) is 5.45. The van der Waals surface area contributed by atoms with Crippen molar-refractivity contribution in [2.45, 2.75) is 40.2 Å². The van der Waals surface area contributed by atoms with Crippen LogP contribution in [0, 0.1) is 19.8 Å². The Labute approximate surface area is 115 Å². The fraction of sp³-hybridized carbons (Fsp3) is 0.667. The highest BCUT2D eigenvalue weighted by atomic mass is 16.1. The van der Waals surface area contributed by atoms with Crippen LogP contribution in [0.4, 0.5) is 0 Å². The van der Waals surface area contributed by atoms with Crippen LogP contribution in [0.15, 0.2) is 6.07 Å². The molecule has 1 aliphatic heterocycles. The number of hydrogen-bond acceptors (Lipinski definition) is 2. The van der Waals surface area contributed by atoms with Gasteiger partial charge in [0.05, 0.1) is 5.56 Å². The normalized spacial score (nSPS) is 19.4. The number of hydrogen-bond donors (Lipinski definition) is 2. The number of carbonyl (C=O) groups is 1. The minimum Gasteiger partial charge on any atom is -0.352 e. The third kappa shape index (κ3) is 3.18. The second-order valence-corrected chi connectivity index (χ2v) is 5.45. The Morgan fingerprint density at radius 1 is 1.53 bits per heavy atom. The summed E-state index contributed by atoms with van der Waals surface area (Å²) in [5.41, 5.74) is 3.05. The van der Waals surface area contributed by atoms with Gasteiger partial charge < -0.3 is 15.2 Å². The lowest BCUT2D eigenvalue weighted by atomic mass is 10.00. The smallest absolute Gasteiger partial charge is 0.253 e. The maximum absolute atomic E-state index is 12.2. The highest BCUT2D eigenvalue weighted by Gasteiger charge is 2.17. The summed E-state index contributed by atoms with van der Waals surface area (Å²) < 4.78 is 2.18. The molecule has 2 N–H and O–H groups in total. The van der Waals surface area contributed by atoms with Crippen LogP contribution < -0.4 is 10.6 Å². The largest absolute Gasteiger partial charge is 0.352 e. The molecule has 1 atom stereocenters. The van der Waals surface area contributed by atoms with Crippen LogP contribution in [0.25, 0.3) is 0 Å². The summed E-state index contributed by atoms with van der Waals surface area (Å²) in [5, 5.41) is 6.46. The number of nitrogens with one attached hydrogen (secondary N) is 2.